The van der Waals surface area contributed by atoms with E-state index in [0.29, 0.717) is 28.2 Å². The van der Waals surface area contributed by atoms with Gasteiger partial charge in [0.05, 0.1) is 22.5 Å². The zero-order valence-electron chi connectivity index (χ0n) is 18.8. The van der Waals surface area contributed by atoms with Crippen molar-refractivity contribution in [2.24, 2.45) is 0 Å². The van der Waals surface area contributed by atoms with Gasteiger partial charge in [0.1, 0.15) is 6.54 Å². The summed E-state index contributed by atoms with van der Waals surface area (Å²) in [6, 6.07) is 21.4. The number of nitrogens with one attached hydrogen (secondary N) is 2. The van der Waals surface area contributed by atoms with E-state index in [4.69, 9.17) is 0 Å². The fourth-order valence-electron chi connectivity index (χ4n) is 4.12. The first-order valence-corrected chi connectivity index (χ1v) is 10.9. The van der Waals surface area contributed by atoms with Crippen molar-refractivity contribution in [3.05, 3.63) is 95.2 Å². The largest absolute Gasteiger partial charge is 0.323 e. The summed E-state index contributed by atoms with van der Waals surface area (Å²) in [4.78, 5) is 44.2. The SMILES string of the molecule is Cc1ccc2nc(C)cc(C(=O)Nc3ccc(C(=O)N4CC(=O)Nc5ccccc54)cc3)c2c1. The minimum atomic E-state index is -0.286. The van der Waals surface area contributed by atoms with Crippen LogP contribution in [0.1, 0.15) is 32.0 Å². The molecule has 0 aliphatic carbocycles. The van der Waals surface area contributed by atoms with Crippen LogP contribution in [0.25, 0.3) is 10.9 Å². The molecule has 7 heteroatoms. The Kier molecular flexibility index (Phi) is 5.30. The minimum Gasteiger partial charge on any atom is -0.323 e. The van der Waals surface area contributed by atoms with Gasteiger partial charge in [-0.3, -0.25) is 24.3 Å². The second-order valence-corrected chi connectivity index (χ2v) is 8.32. The first-order valence-electron chi connectivity index (χ1n) is 10.9. The Labute approximate surface area is 196 Å². The number of aromatic nitrogens is 1. The van der Waals surface area contributed by atoms with Crippen LogP contribution in [0, 0.1) is 13.8 Å². The summed E-state index contributed by atoms with van der Waals surface area (Å²) in [5, 5.41) is 6.48. The number of carbonyl (C=O) groups excluding carboxylic acids is 3. The lowest BCUT2D eigenvalue weighted by molar-refractivity contribution is -0.115. The molecular formula is C27H22N4O3. The highest BCUT2D eigenvalue weighted by Gasteiger charge is 2.27. The van der Waals surface area contributed by atoms with Gasteiger partial charge in [-0.1, -0.05) is 23.8 Å². The van der Waals surface area contributed by atoms with E-state index in [-0.39, 0.29) is 24.3 Å². The molecule has 0 saturated heterocycles. The van der Waals surface area contributed by atoms with Crippen molar-refractivity contribution in [1.82, 2.24) is 4.98 Å². The third-order valence-corrected chi connectivity index (χ3v) is 5.74. The van der Waals surface area contributed by atoms with Crippen LogP contribution in [-0.4, -0.2) is 29.3 Å². The number of aryl methyl sites for hydroxylation is 2. The molecule has 0 atom stereocenters. The minimum absolute atomic E-state index is 0.0534. The van der Waals surface area contributed by atoms with E-state index in [1.165, 1.54) is 4.90 Å². The molecule has 0 bridgehead atoms. The highest BCUT2D eigenvalue weighted by atomic mass is 16.2. The number of fused-ring (bicyclic) bond motifs is 2. The van der Waals surface area contributed by atoms with Crippen LogP contribution in [0.4, 0.5) is 17.1 Å². The van der Waals surface area contributed by atoms with Crippen molar-refractivity contribution in [3.8, 4) is 0 Å². The summed E-state index contributed by atoms with van der Waals surface area (Å²) in [7, 11) is 0. The molecule has 2 heterocycles. The normalized spacial score (nSPS) is 12.8. The summed E-state index contributed by atoms with van der Waals surface area (Å²) in [6.45, 7) is 3.78. The average Bonchev–Trinajstić information content (AvgIpc) is 2.83. The van der Waals surface area contributed by atoms with Crippen LogP contribution in [0.3, 0.4) is 0 Å². The third kappa shape index (κ3) is 3.99. The molecule has 7 nitrogen and oxygen atoms in total. The van der Waals surface area contributed by atoms with Crippen LogP contribution in [0.2, 0.25) is 0 Å². The van der Waals surface area contributed by atoms with Crippen LogP contribution < -0.4 is 15.5 Å². The Morgan fingerprint density at radius 2 is 1.74 bits per heavy atom. The Hall–Kier alpha value is -4.52. The van der Waals surface area contributed by atoms with Crippen molar-refractivity contribution in [2.45, 2.75) is 13.8 Å². The highest BCUT2D eigenvalue weighted by molar-refractivity contribution is 6.16. The number of pyridine rings is 1. The fourth-order valence-corrected chi connectivity index (χ4v) is 4.12. The van der Waals surface area contributed by atoms with Gasteiger partial charge in [0.25, 0.3) is 11.8 Å². The molecule has 1 aliphatic heterocycles. The number of rotatable bonds is 3. The van der Waals surface area contributed by atoms with Crippen LogP contribution in [0.5, 0.6) is 0 Å². The van der Waals surface area contributed by atoms with E-state index in [0.717, 1.165) is 22.2 Å². The lowest BCUT2D eigenvalue weighted by Crippen LogP contribution is -2.42. The van der Waals surface area contributed by atoms with E-state index >= 15 is 0 Å². The lowest BCUT2D eigenvalue weighted by atomic mass is 10.0. The van der Waals surface area contributed by atoms with E-state index in [9.17, 15) is 14.4 Å². The predicted octanol–water partition coefficient (Wildman–Crippen LogP) is 4.70. The van der Waals surface area contributed by atoms with Gasteiger partial charge in [-0.05, 0) is 68.4 Å². The van der Waals surface area contributed by atoms with Crippen LogP contribution >= 0.6 is 0 Å². The molecule has 168 valence electrons. The number of amides is 3. The van der Waals surface area contributed by atoms with Crippen molar-refractivity contribution in [1.29, 1.82) is 0 Å². The average molecular weight is 450 g/mol. The molecule has 0 spiro atoms. The summed E-state index contributed by atoms with van der Waals surface area (Å²) >= 11 is 0. The number of benzene rings is 3. The summed E-state index contributed by atoms with van der Waals surface area (Å²) in [5.41, 5.74) is 5.35. The molecule has 34 heavy (non-hydrogen) atoms. The van der Waals surface area contributed by atoms with Gasteiger partial charge in [0, 0.05) is 22.3 Å². The van der Waals surface area contributed by atoms with E-state index in [1.54, 1.807) is 48.5 Å². The maximum atomic E-state index is 13.1. The number of hydrogen-bond donors (Lipinski definition) is 2. The fraction of sp³-hybridized carbons (Fsp3) is 0.111. The predicted molar refractivity (Wildman–Crippen MR) is 132 cm³/mol. The molecule has 4 aromatic rings. The van der Waals surface area contributed by atoms with Gasteiger partial charge in [-0.2, -0.15) is 0 Å². The maximum absolute atomic E-state index is 13.1. The smallest absolute Gasteiger partial charge is 0.258 e. The zero-order chi connectivity index (χ0) is 23.8. The first-order chi connectivity index (χ1) is 16.4. The number of anilines is 3. The van der Waals surface area contributed by atoms with Gasteiger partial charge in [0.2, 0.25) is 5.91 Å². The molecule has 3 amide bonds. The molecule has 1 aliphatic rings. The Bertz CT molecular complexity index is 1460. The van der Waals surface area contributed by atoms with E-state index in [1.807, 2.05) is 38.1 Å². The summed E-state index contributed by atoms with van der Waals surface area (Å²) in [5.74, 6) is -0.778. The topological polar surface area (TPSA) is 91.4 Å². The molecule has 0 fully saturated rings. The zero-order valence-corrected chi connectivity index (χ0v) is 18.8. The number of nitrogens with zero attached hydrogens (tertiary/aromatic N) is 2. The van der Waals surface area contributed by atoms with E-state index < -0.39 is 0 Å². The molecule has 3 aromatic carbocycles. The summed E-state index contributed by atoms with van der Waals surface area (Å²) < 4.78 is 0. The number of hydrogen-bond acceptors (Lipinski definition) is 4. The molecular weight excluding hydrogens is 428 g/mol. The van der Waals surface area contributed by atoms with Crippen molar-refractivity contribution in [3.63, 3.8) is 0 Å². The highest BCUT2D eigenvalue weighted by Crippen LogP contribution is 2.30. The van der Waals surface area contributed by atoms with Gasteiger partial charge in [-0.25, -0.2) is 0 Å². The lowest BCUT2D eigenvalue weighted by Gasteiger charge is -2.29. The molecule has 0 radical (unpaired) electrons. The number of carbonyl (C=O) groups is 3. The standard InChI is InChI=1S/C27H22N4O3/c1-16-7-12-22-20(13-16)21(14-17(2)28-22)26(33)29-19-10-8-18(9-11-19)27(34)31-15-25(32)30-23-5-3-4-6-24(23)31/h3-14H,15H2,1-2H3,(H,29,33)(H,30,32). The molecule has 2 N–H and O–H groups in total. The van der Waals surface area contributed by atoms with Crippen LogP contribution in [-0.2, 0) is 4.79 Å². The van der Waals surface area contributed by atoms with Crippen LogP contribution in [0.15, 0.2) is 72.8 Å². The Morgan fingerprint density at radius 1 is 0.971 bits per heavy atom. The summed E-state index contributed by atoms with van der Waals surface area (Å²) in [6.07, 6.45) is 0. The monoisotopic (exact) mass is 450 g/mol. The quantitative estimate of drug-likeness (QED) is 0.473. The molecule has 0 unspecified atom stereocenters. The van der Waals surface area contributed by atoms with Gasteiger partial charge in [-0.15, -0.1) is 0 Å². The van der Waals surface area contributed by atoms with Crippen molar-refractivity contribution in [2.75, 3.05) is 22.1 Å². The number of para-hydroxylation sites is 2. The van der Waals surface area contributed by atoms with Gasteiger partial charge >= 0.3 is 0 Å². The van der Waals surface area contributed by atoms with E-state index in [2.05, 4.69) is 15.6 Å². The maximum Gasteiger partial charge on any atom is 0.258 e. The Balaban J connectivity index is 1.38. The first kappa shape index (κ1) is 21.3. The van der Waals surface area contributed by atoms with Crippen molar-refractivity contribution < 1.29 is 14.4 Å². The van der Waals surface area contributed by atoms with Gasteiger partial charge < -0.3 is 10.6 Å². The Morgan fingerprint density at radius 3 is 2.53 bits per heavy atom. The second-order valence-electron chi connectivity index (χ2n) is 8.32. The molecule has 5 rings (SSSR count). The van der Waals surface area contributed by atoms with Gasteiger partial charge in [0.15, 0.2) is 0 Å². The third-order valence-electron chi connectivity index (χ3n) is 5.74. The molecule has 1 aromatic heterocycles. The second kappa shape index (κ2) is 8.44. The molecule has 0 saturated carbocycles. The van der Waals surface area contributed by atoms with Crippen molar-refractivity contribution >= 4 is 45.7 Å².